The van der Waals surface area contributed by atoms with Crippen LogP contribution in [0.2, 0.25) is 0 Å². The summed E-state index contributed by atoms with van der Waals surface area (Å²) in [6.07, 6.45) is 6.68. The summed E-state index contributed by atoms with van der Waals surface area (Å²) in [4.78, 5) is 6.73. The summed E-state index contributed by atoms with van der Waals surface area (Å²) >= 11 is 0. The van der Waals surface area contributed by atoms with Crippen LogP contribution in [0.5, 0.6) is 0 Å². The van der Waals surface area contributed by atoms with E-state index in [0.717, 1.165) is 44.3 Å². The molecule has 0 radical (unpaired) electrons. The number of nitrogens with zero attached hydrogens (tertiary/aromatic N) is 4. The molecule has 154 valence electrons. The van der Waals surface area contributed by atoms with Crippen LogP contribution < -0.4 is 5.32 Å². The Labute approximate surface area is 165 Å². The monoisotopic (exact) mass is 391 g/mol. The van der Waals surface area contributed by atoms with E-state index < -0.39 is 12.5 Å². The van der Waals surface area contributed by atoms with Gasteiger partial charge in [0.1, 0.15) is 12.4 Å². The third kappa shape index (κ3) is 2.97. The zero-order valence-electron chi connectivity index (χ0n) is 16.8. The maximum Gasteiger partial charge on any atom is 0.260 e. The smallest absolute Gasteiger partial charge is 0.260 e. The minimum absolute atomic E-state index is 0.0448. The lowest BCUT2D eigenvalue weighted by atomic mass is 9.49. The number of allylic oxidation sites excluding steroid dienone is 1. The van der Waals surface area contributed by atoms with Gasteiger partial charge in [-0.05, 0) is 61.8 Å². The molecule has 5 aliphatic rings. The van der Waals surface area contributed by atoms with Crippen molar-refractivity contribution < 1.29 is 8.78 Å². The predicted octanol–water partition coefficient (Wildman–Crippen LogP) is 3.97. The Morgan fingerprint density at radius 2 is 2.18 bits per heavy atom. The number of hydrogen-bond donors (Lipinski definition) is 1. The average molecular weight is 392 g/mol. The second-order valence-corrected chi connectivity index (χ2v) is 9.88. The first-order chi connectivity index (χ1) is 13.4. The number of hydrogen-bond acceptors (Lipinski definition) is 4. The third-order valence-electron chi connectivity index (χ3n) is 8.09. The molecule has 5 atom stereocenters. The summed E-state index contributed by atoms with van der Waals surface area (Å²) in [6.45, 7) is 7.99. The molecule has 2 aliphatic heterocycles. The molecule has 1 aromatic rings. The third-order valence-corrected chi connectivity index (χ3v) is 8.09. The average Bonchev–Trinajstić information content (AvgIpc) is 3.16. The van der Waals surface area contributed by atoms with Gasteiger partial charge in [-0.15, -0.1) is 0 Å². The number of piperidine rings is 1. The van der Waals surface area contributed by atoms with E-state index in [-0.39, 0.29) is 6.04 Å². The van der Waals surface area contributed by atoms with Gasteiger partial charge in [-0.1, -0.05) is 25.5 Å². The van der Waals surface area contributed by atoms with Crippen LogP contribution in [-0.4, -0.2) is 51.8 Å². The zero-order chi connectivity index (χ0) is 19.5. The van der Waals surface area contributed by atoms with Gasteiger partial charge in [0, 0.05) is 19.1 Å². The number of aromatic nitrogens is 3. The van der Waals surface area contributed by atoms with Crippen LogP contribution in [0.3, 0.4) is 0 Å². The van der Waals surface area contributed by atoms with Crippen LogP contribution in [0.15, 0.2) is 18.0 Å². The second kappa shape index (κ2) is 6.78. The standard InChI is InChI=1S/C21H31F2N5/c1-21(2)15-6-5-13(16(21)8-15)10-27-7-3-4-14(11-27)17-9-18(19(22)23)28-20(26-17)24-12-25-28/h5,12,14-19H,3-4,6-11H2,1-2H3,(H,24,25,26)/t14-,15-,16+,17-,18+/m0/s1. The number of nitrogens with one attached hydrogen (secondary N) is 1. The van der Waals surface area contributed by atoms with Crippen molar-refractivity contribution in [2.24, 2.45) is 23.2 Å². The van der Waals surface area contributed by atoms with Crippen molar-refractivity contribution >= 4 is 5.95 Å². The number of alkyl halides is 2. The van der Waals surface area contributed by atoms with E-state index in [4.69, 9.17) is 0 Å². The van der Waals surface area contributed by atoms with E-state index in [1.54, 1.807) is 5.57 Å². The number of likely N-dealkylation sites (tertiary alicyclic amines) is 1. The van der Waals surface area contributed by atoms with E-state index in [0.29, 0.717) is 23.7 Å². The van der Waals surface area contributed by atoms with Crippen molar-refractivity contribution in [2.75, 3.05) is 25.0 Å². The molecule has 3 heterocycles. The minimum atomic E-state index is -2.41. The summed E-state index contributed by atoms with van der Waals surface area (Å²) in [6, 6.07) is -0.823. The molecule has 0 aromatic carbocycles. The first-order valence-electron chi connectivity index (χ1n) is 10.8. The van der Waals surface area contributed by atoms with E-state index >= 15 is 0 Å². The van der Waals surface area contributed by atoms with Gasteiger partial charge < -0.3 is 5.32 Å². The Morgan fingerprint density at radius 3 is 2.93 bits per heavy atom. The summed E-state index contributed by atoms with van der Waals surface area (Å²) in [5, 5.41) is 7.40. The highest BCUT2D eigenvalue weighted by Crippen LogP contribution is 2.59. The lowest BCUT2D eigenvalue weighted by Crippen LogP contribution is -2.51. The summed E-state index contributed by atoms with van der Waals surface area (Å²) in [5.41, 5.74) is 2.08. The van der Waals surface area contributed by atoms with Gasteiger partial charge in [0.05, 0.1) is 0 Å². The molecular weight excluding hydrogens is 360 g/mol. The minimum Gasteiger partial charge on any atom is -0.351 e. The molecule has 28 heavy (non-hydrogen) atoms. The Bertz CT molecular complexity index is 758. The van der Waals surface area contributed by atoms with Crippen LogP contribution in [0.1, 0.15) is 52.0 Å². The van der Waals surface area contributed by atoms with Crippen molar-refractivity contribution in [3.05, 3.63) is 18.0 Å². The molecule has 1 saturated carbocycles. The molecule has 0 unspecified atom stereocenters. The summed E-state index contributed by atoms with van der Waals surface area (Å²) in [7, 11) is 0. The highest BCUT2D eigenvalue weighted by Gasteiger charge is 2.51. The maximum absolute atomic E-state index is 13.6. The number of halogens is 2. The van der Waals surface area contributed by atoms with Crippen molar-refractivity contribution in [2.45, 2.75) is 64.5 Å². The lowest BCUT2D eigenvalue weighted by Gasteiger charge is -2.57. The highest BCUT2D eigenvalue weighted by atomic mass is 19.3. The molecule has 2 fully saturated rings. The fourth-order valence-electron chi connectivity index (χ4n) is 6.18. The van der Waals surface area contributed by atoms with Gasteiger partial charge in [-0.25, -0.2) is 13.5 Å². The van der Waals surface area contributed by atoms with Crippen molar-refractivity contribution in [3.63, 3.8) is 0 Å². The first kappa shape index (κ1) is 18.5. The maximum atomic E-state index is 13.6. The molecule has 5 nitrogen and oxygen atoms in total. The zero-order valence-corrected chi connectivity index (χ0v) is 16.8. The highest BCUT2D eigenvalue weighted by molar-refractivity contribution is 5.30. The van der Waals surface area contributed by atoms with Crippen molar-refractivity contribution in [3.8, 4) is 0 Å². The van der Waals surface area contributed by atoms with Gasteiger partial charge >= 0.3 is 0 Å². The first-order valence-corrected chi connectivity index (χ1v) is 10.8. The number of rotatable bonds is 4. The molecule has 6 rings (SSSR count). The Hall–Kier alpha value is -1.50. The fourth-order valence-corrected chi connectivity index (χ4v) is 6.18. The molecule has 0 spiro atoms. The summed E-state index contributed by atoms with van der Waals surface area (Å²) < 4.78 is 28.5. The van der Waals surface area contributed by atoms with Gasteiger partial charge in [-0.2, -0.15) is 10.1 Å². The lowest BCUT2D eigenvalue weighted by molar-refractivity contribution is -0.0121. The normalized spacial score (nSPS) is 37.0. The van der Waals surface area contributed by atoms with E-state index in [1.807, 2.05) is 0 Å². The van der Waals surface area contributed by atoms with Crippen molar-refractivity contribution in [1.29, 1.82) is 0 Å². The molecule has 7 heteroatoms. The molecular formula is C21H31F2N5. The van der Waals surface area contributed by atoms with Gasteiger partial charge in [0.2, 0.25) is 5.95 Å². The Balaban J connectivity index is 1.26. The van der Waals surface area contributed by atoms with Gasteiger partial charge in [0.15, 0.2) is 0 Å². The molecule has 1 N–H and O–H groups in total. The summed E-state index contributed by atoms with van der Waals surface area (Å²) in [5.74, 6) is 2.48. The van der Waals surface area contributed by atoms with Gasteiger partial charge in [-0.3, -0.25) is 4.90 Å². The molecule has 1 aromatic heterocycles. The van der Waals surface area contributed by atoms with Crippen LogP contribution >= 0.6 is 0 Å². The Kier molecular flexibility index (Phi) is 4.49. The predicted molar refractivity (Wildman–Crippen MR) is 104 cm³/mol. The topological polar surface area (TPSA) is 46.0 Å². The SMILES string of the molecule is CC1(C)[C@H]2CC=C(CN3CCC[C@H]([C@@H]4C[C@H](C(F)F)n5ncnc5N4)C3)[C@H]1C2. The van der Waals surface area contributed by atoms with Crippen LogP contribution in [-0.2, 0) is 0 Å². The van der Waals surface area contributed by atoms with E-state index in [9.17, 15) is 8.78 Å². The second-order valence-electron chi connectivity index (χ2n) is 9.88. The quantitative estimate of drug-likeness (QED) is 0.789. The van der Waals surface area contributed by atoms with E-state index in [1.165, 1.54) is 23.9 Å². The van der Waals surface area contributed by atoms with Crippen LogP contribution in [0.4, 0.5) is 14.7 Å². The Morgan fingerprint density at radius 1 is 1.32 bits per heavy atom. The van der Waals surface area contributed by atoms with E-state index in [2.05, 4.69) is 40.2 Å². The number of anilines is 1. The number of fused-ring (bicyclic) bond motifs is 2. The molecule has 1 saturated heterocycles. The van der Waals surface area contributed by atoms with Crippen molar-refractivity contribution in [1.82, 2.24) is 19.7 Å². The fraction of sp³-hybridized carbons (Fsp3) is 0.810. The molecule has 0 amide bonds. The molecule has 3 aliphatic carbocycles. The van der Waals surface area contributed by atoms with Crippen LogP contribution in [0, 0.1) is 23.2 Å². The van der Waals surface area contributed by atoms with Crippen LogP contribution in [0.25, 0.3) is 0 Å². The molecule has 2 bridgehead atoms. The largest absolute Gasteiger partial charge is 0.351 e. The van der Waals surface area contributed by atoms with Gasteiger partial charge in [0.25, 0.3) is 6.43 Å².